The number of amides is 2. The third-order valence-corrected chi connectivity index (χ3v) is 2.55. The van der Waals surface area contributed by atoms with E-state index < -0.39 is 0 Å². The van der Waals surface area contributed by atoms with Gasteiger partial charge in [0.05, 0.1) is 6.04 Å². The first-order valence-corrected chi connectivity index (χ1v) is 4.09. The number of hydrogen-bond acceptors (Lipinski definition) is 1. The topological polar surface area (TPSA) is 23.6 Å². The first kappa shape index (κ1) is 7.40. The Balaban J connectivity index is 2.37. The van der Waals surface area contributed by atoms with Crippen LogP contribution in [0, 0.1) is 0 Å². The van der Waals surface area contributed by atoms with E-state index in [9.17, 15) is 4.79 Å². The van der Waals surface area contributed by atoms with Gasteiger partial charge in [0.2, 0.25) is 0 Å². The van der Waals surface area contributed by atoms with Crippen LogP contribution in [0.3, 0.4) is 0 Å². The normalized spacial score (nSPS) is 27.7. The second-order valence-corrected chi connectivity index (χ2v) is 3.22. The van der Waals surface area contributed by atoms with Gasteiger partial charge in [0.15, 0.2) is 0 Å². The first-order valence-electron chi connectivity index (χ1n) is 4.09. The van der Waals surface area contributed by atoms with Crippen LogP contribution in [-0.4, -0.2) is 36.0 Å². The predicted molar refractivity (Wildman–Crippen MR) is 46.6 cm³/mol. The summed E-state index contributed by atoms with van der Waals surface area (Å²) in [7, 11) is 3.67. The average molecular weight is 164 g/mol. The van der Waals surface area contributed by atoms with E-state index in [0.29, 0.717) is 0 Å². The highest BCUT2D eigenvalue weighted by Gasteiger charge is 2.36. The fourth-order valence-corrected chi connectivity index (χ4v) is 1.78. The van der Waals surface area contributed by atoms with E-state index in [2.05, 4.69) is 6.08 Å². The maximum Gasteiger partial charge on any atom is 0.324 e. The van der Waals surface area contributed by atoms with Gasteiger partial charge < -0.3 is 4.90 Å². The Morgan fingerprint density at radius 3 is 2.92 bits per heavy atom. The van der Waals surface area contributed by atoms with Crippen LogP contribution in [0.25, 0.3) is 0 Å². The second kappa shape index (κ2) is 2.37. The molecule has 1 fully saturated rings. The lowest BCUT2D eigenvalue weighted by Crippen LogP contribution is -2.29. The Morgan fingerprint density at radius 2 is 2.25 bits per heavy atom. The molecule has 0 radical (unpaired) electrons. The molecule has 0 saturated carbocycles. The summed E-state index contributed by atoms with van der Waals surface area (Å²) in [4.78, 5) is 15.0. The summed E-state index contributed by atoms with van der Waals surface area (Å²) in [6, 6.07) is 0.363. The summed E-state index contributed by atoms with van der Waals surface area (Å²) in [6.45, 7) is 0. The van der Waals surface area contributed by atoms with Crippen LogP contribution in [0.5, 0.6) is 0 Å². The van der Waals surface area contributed by atoms with E-state index in [1.165, 1.54) is 0 Å². The number of fused-ring (bicyclic) bond motifs is 1. The Kier molecular flexibility index (Phi) is 1.46. The molecule has 1 unspecified atom stereocenters. The highest BCUT2D eigenvalue weighted by molar-refractivity contribution is 5.80. The van der Waals surface area contributed by atoms with E-state index in [0.717, 1.165) is 12.1 Å². The van der Waals surface area contributed by atoms with Crippen LogP contribution in [0.1, 0.15) is 6.42 Å². The van der Waals surface area contributed by atoms with Crippen molar-refractivity contribution in [1.29, 1.82) is 0 Å². The van der Waals surface area contributed by atoms with Gasteiger partial charge in [0.25, 0.3) is 0 Å². The van der Waals surface area contributed by atoms with Crippen LogP contribution in [-0.2, 0) is 0 Å². The van der Waals surface area contributed by atoms with Crippen LogP contribution >= 0.6 is 0 Å². The van der Waals surface area contributed by atoms with Crippen molar-refractivity contribution in [2.24, 2.45) is 0 Å². The fourth-order valence-electron chi connectivity index (χ4n) is 1.78. The molecule has 3 heteroatoms. The zero-order valence-electron chi connectivity index (χ0n) is 7.32. The molecule has 1 atom stereocenters. The number of urea groups is 1. The van der Waals surface area contributed by atoms with Crippen molar-refractivity contribution in [3.8, 4) is 0 Å². The zero-order valence-corrected chi connectivity index (χ0v) is 7.32. The molecule has 0 aromatic carbocycles. The van der Waals surface area contributed by atoms with Crippen molar-refractivity contribution >= 4 is 6.03 Å². The number of carbonyl (C=O) groups excluding carboxylic acids is 1. The molecule has 0 spiro atoms. The number of rotatable bonds is 0. The second-order valence-electron chi connectivity index (χ2n) is 3.22. The minimum absolute atomic E-state index is 0.0925. The molecule has 2 aliphatic rings. The summed E-state index contributed by atoms with van der Waals surface area (Å²) in [6.07, 6.45) is 7.06. The highest BCUT2D eigenvalue weighted by Crippen LogP contribution is 2.28. The summed E-state index contributed by atoms with van der Waals surface area (Å²) in [5.41, 5.74) is 1.12. The third kappa shape index (κ3) is 0.793. The van der Waals surface area contributed by atoms with E-state index in [-0.39, 0.29) is 12.1 Å². The summed E-state index contributed by atoms with van der Waals surface area (Å²) in [5.74, 6) is 0. The van der Waals surface area contributed by atoms with E-state index in [1.807, 2.05) is 26.2 Å². The number of hydrogen-bond donors (Lipinski definition) is 0. The van der Waals surface area contributed by atoms with Gasteiger partial charge in [-0.15, -0.1) is 0 Å². The maximum atomic E-state index is 11.5. The Bertz CT molecular complexity index is 280. The van der Waals surface area contributed by atoms with Gasteiger partial charge in [-0.3, -0.25) is 4.90 Å². The van der Waals surface area contributed by atoms with Crippen molar-refractivity contribution in [3.05, 3.63) is 23.9 Å². The molecule has 3 nitrogen and oxygen atoms in total. The summed E-state index contributed by atoms with van der Waals surface area (Å²) in [5, 5.41) is 0. The van der Waals surface area contributed by atoms with Crippen molar-refractivity contribution in [2.45, 2.75) is 12.5 Å². The lowest BCUT2D eigenvalue weighted by Gasteiger charge is -2.18. The molecule has 1 saturated heterocycles. The van der Waals surface area contributed by atoms with Gasteiger partial charge in [-0.2, -0.15) is 0 Å². The van der Waals surface area contributed by atoms with Crippen LogP contribution in [0.4, 0.5) is 4.79 Å². The predicted octanol–water partition coefficient (Wildman–Crippen LogP) is 1.20. The number of allylic oxidation sites excluding steroid dienone is 2. The van der Waals surface area contributed by atoms with Gasteiger partial charge in [-0.1, -0.05) is 12.2 Å². The molecule has 2 amide bonds. The fraction of sp³-hybridized carbons (Fsp3) is 0.444. The van der Waals surface area contributed by atoms with Gasteiger partial charge in [-0.25, -0.2) is 4.79 Å². The molecule has 0 aromatic rings. The summed E-state index contributed by atoms with van der Waals surface area (Å²) < 4.78 is 0. The molecular weight excluding hydrogens is 152 g/mol. The molecule has 0 aromatic heterocycles. The Hall–Kier alpha value is -1.25. The quantitative estimate of drug-likeness (QED) is 0.527. The average Bonchev–Trinajstić information content (AvgIpc) is 2.33. The standard InChI is InChI=1S/C9H12N2O/c1-10-7-5-3-4-6-8(7)11(2)9(10)12/h3-5,8H,6H2,1-2H3. The lowest BCUT2D eigenvalue weighted by atomic mass is 10.1. The van der Waals surface area contributed by atoms with Gasteiger partial charge in [-0.05, 0) is 12.5 Å². The number of carbonyl (C=O) groups is 1. The number of likely N-dealkylation sites (N-methyl/N-ethyl adjacent to an activating group) is 2. The summed E-state index contributed by atoms with van der Waals surface area (Å²) >= 11 is 0. The molecule has 1 aliphatic heterocycles. The smallest absolute Gasteiger partial charge is 0.319 e. The highest BCUT2D eigenvalue weighted by atomic mass is 16.2. The van der Waals surface area contributed by atoms with E-state index in [1.54, 1.807) is 9.80 Å². The van der Waals surface area contributed by atoms with Crippen molar-refractivity contribution in [1.82, 2.24) is 9.80 Å². The van der Waals surface area contributed by atoms with Gasteiger partial charge in [0.1, 0.15) is 0 Å². The van der Waals surface area contributed by atoms with Crippen molar-refractivity contribution in [3.63, 3.8) is 0 Å². The Morgan fingerprint density at radius 1 is 1.50 bits per heavy atom. The molecule has 1 heterocycles. The van der Waals surface area contributed by atoms with Crippen LogP contribution in [0.15, 0.2) is 23.9 Å². The number of nitrogens with zero attached hydrogens (tertiary/aromatic N) is 2. The Labute approximate surface area is 71.9 Å². The molecule has 64 valence electrons. The molecule has 0 N–H and O–H groups in total. The van der Waals surface area contributed by atoms with Gasteiger partial charge >= 0.3 is 6.03 Å². The van der Waals surface area contributed by atoms with Crippen LogP contribution < -0.4 is 0 Å². The van der Waals surface area contributed by atoms with Crippen molar-refractivity contribution < 1.29 is 4.79 Å². The molecule has 0 bridgehead atoms. The van der Waals surface area contributed by atoms with Crippen molar-refractivity contribution in [2.75, 3.05) is 14.1 Å². The molecule has 1 aliphatic carbocycles. The minimum atomic E-state index is 0.0925. The largest absolute Gasteiger partial charge is 0.324 e. The first-order chi connectivity index (χ1) is 5.72. The monoisotopic (exact) mass is 164 g/mol. The lowest BCUT2D eigenvalue weighted by molar-refractivity contribution is 0.202. The zero-order chi connectivity index (χ0) is 8.72. The maximum absolute atomic E-state index is 11.5. The van der Waals surface area contributed by atoms with E-state index in [4.69, 9.17) is 0 Å². The molecule has 12 heavy (non-hydrogen) atoms. The van der Waals surface area contributed by atoms with E-state index >= 15 is 0 Å². The molecule has 2 rings (SSSR count). The SMILES string of the molecule is CN1C(=O)N(C)C2CC=CC=C21. The van der Waals surface area contributed by atoms with Crippen LogP contribution in [0.2, 0.25) is 0 Å². The van der Waals surface area contributed by atoms with Gasteiger partial charge in [0, 0.05) is 19.8 Å². The third-order valence-electron chi connectivity index (χ3n) is 2.55. The molecular formula is C9H12N2O. The minimum Gasteiger partial charge on any atom is -0.319 e.